The third-order valence-corrected chi connectivity index (χ3v) is 6.14. The van der Waals surface area contributed by atoms with Gasteiger partial charge in [-0.3, -0.25) is 9.59 Å². The molecule has 1 N–H and O–H groups in total. The molecule has 2 heterocycles. The van der Waals surface area contributed by atoms with Crippen LogP contribution in [0.25, 0.3) is 12.2 Å². The molecule has 3 atom stereocenters. The van der Waals surface area contributed by atoms with Crippen molar-refractivity contribution in [3.05, 3.63) is 59.3 Å². The van der Waals surface area contributed by atoms with Crippen molar-refractivity contribution in [1.29, 1.82) is 0 Å². The van der Waals surface area contributed by atoms with E-state index >= 15 is 0 Å². The van der Waals surface area contributed by atoms with Crippen LogP contribution in [-0.2, 0) is 4.79 Å². The molecule has 0 fully saturated rings. The van der Waals surface area contributed by atoms with E-state index < -0.39 is 0 Å². The van der Waals surface area contributed by atoms with Crippen LogP contribution in [0.1, 0.15) is 35.3 Å². The molecule has 2 aromatic rings. The van der Waals surface area contributed by atoms with Crippen LogP contribution in [0.15, 0.2) is 42.6 Å². The second-order valence-corrected chi connectivity index (χ2v) is 9.50. The fraction of sp³-hybridized carbons (Fsp3) is 0.444. The largest absolute Gasteiger partial charge is 0.472 e. The van der Waals surface area contributed by atoms with Crippen molar-refractivity contribution < 1.29 is 19.4 Å². The molecule has 188 valence electrons. The summed E-state index contributed by atoms with van der Waals surface area (Å²) in [5, 5.41) is 9.82. The number of hydrogen-bond donors (Lipinski definition) is 1. The minimum absolute atomic E-state index is 0.0147. The Balaban J connectivity index is 1.93. The Morgan fingerprint density at radius 1 is 1.23 bits per heavy atom. The molecule has 35 heavy (non-hydrogen) atoms. The van der Waals surface area contributed by atoms with Gasteiger partial charge in [0.25, 0.3) is 5.91 Å². The van der Waals surface area contributed by atoms with Gasteiger partial charge in [0.2, 0.25) is 11.8 Å². The van der Waals surface area contributed by atoms with Crippen LogP contribution in [0.4, 0.5) is 0 Å². The van der Waals surface area contributed by atoms with E-state index in [2.05, 4.69) is 4.98 Å². The number of hydrogen-bond acceptors (Lipinski definition) is 6. The van der Waals surface area contributed by atoms with Crippen LogP contribution in [0.3, 0.4) is 0 Å². The Morgan fingerprint density at radius 2 is 1.91 bits per heavy atom. The summed E-state index contributed by atoms with van der Waals surface area (Å²) in [5.41, 5.74) is 2.15. The molecule has 0 aliphatic carbocycles. The molecule has 0 saturated heterocycles. The highest BCUT2D eigenvalue weighted by Gasteiger charge is 2.34. The van der Waals surface area contributed by atoms with E-state index in [0.717, 1.165) is 11.1 Å². The number of likely N-dealkylation sites (N-methyl/N-ethyl adjacent to an activating group) is 2. The summed E-state index contributed by atoms with van der Waals surface area (Å²) < 4.78 is 6.27. The summed E-state index contributed by atoms with van der Waals surface area (Å²) in [5.74, 6) is -0.0902. The lowest BCUT2D eigenvalue weighted by molar-refractivity contribution is -0.132. The molecule has 8 heteroatoms. The lowest BCUT2D eigenvalue weighted by Gasteiger charge is -2.37. The van der Waals surface area contributed by atoms with Gasteiger partial charge >= 0.3 is 0 Å². The first-order valence-corrected chi connectivity index (χ1v) is 11.9. The number of benzene rings is 1. The number of aliphatic hydroxyl groups is 1. The molecule has 0 bridgehead atoms. The van der Waals surface area contributed by atoms with Crippen molar-refractivity contribution in [2.75, 3.05) is 47.4 Å². The maximum atomic E-state index is 13.5. The smallest absolute Gasteiger partial charge is 0.259 e. The number of nitrogens with zero attached hydrogens (tertiary/aromatic N) is 4. The standard InChI is InChI=1S/C27H36N4O4/c1-19-15-31(20(2)18-32)27(34)23-13-22(12-11-21-9-7-6-8-10-21)14-28-26(23)35-24(19)16-30(5)25(33)17-29(3)4/h6-14,19-20,24,32H,15-18H2,1-5H3/b12-11+/t19-,20+,24+/m0/s1. The second-order valence-electron chi connectivity index (χ2n) is 9.50. The van der Waals surface area contributed by atoms with Gasteiger partial charge in [-0.1, -0.05) is 49.4 Å². The minimum Gasteiger partial charge on any atom is -0.472 e. The first kappa shape index (κ1) is 26.4. The third kappa shape index (κ3) is 6.90. The molecule has 3 rings (SSSR count). The van der Waals surface area contributed by atoms with E-state index in [9.17, 15) is 14.7 Å². The van der Waals surface area contributed by atoms with Crippen molar-refractivity contribution in [1.82, 2.24) is 19.7 Å². The van der Waals surface area contributed by atoms with Gasteiger partial charge in [0, 0.05) is 25.7 Å². The van der Waals surface area contributed by atoms with Gasteiger partial charge in [-0.15, -0.1) is 0 Å². The van der Waals surface area contributed by atoms with Crippen molar-refractivity contribution in [2.24, 2.45) is 5.92 Å². The first-order valence-electron chi connectivity index (χ1n) is 11.9. The highest BCUT2D eigenvalue weighted by Crippen LogP contribution is 2.28. The predicted molar refractivity (Wildman–Crippen MR) is 137 cm³/mol. The molecule has 1 aliphatic heterocycles. The van der Waals surface area contributed by atoms with Crippen LogP contribution >= 0.6 is 0 Å². The van der Waals surface area contributed by atoms with Gasteiger partial charge in [0.05, 0.1) is 25.7 Å². The Hall–Kier alpha value is -3.23. The SMILES string of the molecule is C[C@H](CO)N1C[C@H](C)[C@@H](CN(C)C(=O)CN(C)C)Oc2ncc(/C=C/c3ccccc3)cc2C1=O. The summed E-state index contributed by atoms with van der Waals surface area (Å²) in [6, 6.07) is 11.3. The highest BCUT2D eigenvalue weighted by atomic mass is 16.5. The number of rotatable bonds is 8. The fourth-order valence-electron chi connectivity index (χ4n) is 3.95. The zero-order chi connectivity index (χ0) is 25.5. The zero-order valence-corrected chi connectivity index (χ0v) is 21.2. The van der Waals surface area contributed by atoms with Crippen LogP contribution in [-0.4, -0.2) is 96.1 Å². The van der Waals surface area contributed by atoms with Crippen LogP contribution < -0.4 is 4.74 Å². The van der Waals surface area contributed by atoms with Crippen LogP contribution in [0, 0.1) is 5.92 Å². The molecule has 0 radical (unpaired) electrons. The van der Waals surface area contributed by atoms with Crippen LogP contribution in [0.2, 0.25) is 0 Å². The molecule has 0 saturated carbocycles. The van der Waals surface area contributed by atoms with E-state index in [-0.39, 0.29) is 42.4 Å². The van der Waals surface area contributed by atoms with E-state index in [1.807, 2.05) is 75.3 Å². The topological polar surface area (TPSA) is 86.2 Å². The second kappa shape index (κ2) is 12.0. The van der Waals surface area contributed by atoms with Crippen LogP contribution in [0.5, 0.6) is 5.88 Å². The lowest BCUT2D eigenvalue weighted by atomic mass is 9.99. The Morgan fingerprint density at radius 3 is 2.57 bits per heavy atom. The summed E-state index contributed by atoms with van der Waals surface area (Å²) in [6.07, 6.45) is 5.17. The number of fused-ring (bicyclic) bond motifs is 1. The zero-order valence-electron chi connectivity index (χ0n) is 21.2. The van der Waals surface area contributed by atoms with Gasteiger partial charge in [-0.2, -0.15) is 0 Å². The van der Waals surface area contributed by atoms with Crippen molar-refractivity contribution in [3.63, 3.8) is 0 Å². The third-order valence-electron chi connectivity index (χ3n) is 6.14. The molecule has 1 aliphatic rings. The number of aromatic nitrogens is 1. The number of carbonyl (C=O) groups is 2. The number of aliphatic hydroxyl groups excluding tert-OH is 1. The van der Waals surface area contributed by atoms with E-state index in [4.69, 9.17) is 4.74 Å². The molecule has 2 amide bonds. The van der Waals surface area contributed by atoms with Gasteiger partial charge in [-0.25, -0.2) is 4.98 Å². The first-order chi connectivity index (χ1) is 16.7. The van der Waals surface area contributed by atoms with E-state index in [1.54, 1.807) is 29.1 Å². The molecule has 1 aromatic carbocycles. The maximum absolute atomic E-state index is 13.5. The summed E-state index contributed by atoms with van der Waals surface area (Å²) in [4.78, 5) is 35.7. The molecule has 1 aromatic heterocycles. The predicted octanol–water partition coefficient (Wildman–Crippen LogP) is 2.49. The Bertz CT molecular complexity index is 1040. The normalized spacial score (nSPS) is 19.2. The number of ether oxygens (including phenoxy) is 1. The van der Waals surface area contributed by atoms with Gasteiger partial charge < -0.3 is 24.5 Å². The average molecular weight is 481 g/mol. The monoisotopic (exact) mass is 480 g/mol. The Labute approximate surface area is 207 Å². The van der Waals surface area contributed by atoms with E-state index in [0.29, 0.717) is 25.2 Å². The Kier molecular flexibility index (Phi) is 9.01. The van der Waals surface area contributed by atoms with Crippen molar-refractivity contribution in [2.45, 2.75) is 26.0 Å². The van der Waals surface area contributed by atoms with E-state index in [1.165, 1.54) is 0 Å². The molecule has 0 unspecified atom stereocenters. The number of amides is 2. The minimum atomic E-state index is -0.371. The van der Waals surface area contributed by atoms with Gasteiger partial charge in [0.15, 0.2) is 0 Å². The molecular formula is C27H36N4O4. The summed E-state index contributed by atoms with van der Waals surface area (Å²) in [6.45, 7) is 4.71. The lowest BCUT2D eigenvalue weighted by Crippen LogP contribution is -2.51. The fourth-order valence-corrected chi connectivity index (χ4v) is 3.95. The number of pyridine rings is 1. The highest BCUT2D eigenvalue weighted by molar-refractivity contribution is 5.97. The van der Waals surface area contributed by atoms with Crippen molar-refractivity contribution in [3.8, 4) is 5.88 Å². The molecule has 8 nitrogen and oxygen atoms in total. The molecule has 0 spiro atoms. The number of carbonyl (C=O) groups excluding carboxylic acids is 2. The van der Waals surface area contributed by atoms with Crippen molar-refractivity contribution >= 4 is 24.0 Å². The molecular weight excluding hydrogens is 444 g/mol. The quantitative estimate of drug-likeness (QED) is 0.625. The van der Waals surface area contributed by atoms with Gasteiger partial charge in [-0.05, 0) is 38.2 Å². The summed E-state index contributed by atoms with van der Waals surface area (Å²) >= 11 is 0. The summed E-state index contributed by atoms with van der Waals surface area (Å²) in [7, 11) is 5.46. The average Bonchev–Trinajstić information content (AvgIpc) is 2.84. The van der Waals surface area contributed by atoms with Gasteiger partial charge in [0.1, 0.15) is 11.7 Å². The maximum Gasteiger partial charge on any atom is 0.259 e.